The first-order valence-corrected chi connectivity index (χ1v) is 14.6. The number of fused-ring (bicyclic) bond motifs is 4. The van der Waals surface area contributed by atoms with E-state index in [4.69, 9.17) is 9.97 Å². The van der Waals surface area contributed by atoms with Gasteiger partial charge >= 0.3 is 0 Å². The molecule has 0 atom stereocenters. The Hall–Kier alpha value is -5.12. The lowest BCUT2D eigenvalue weighted by Crippen LogP contribution is -1.96. The van der Waals surface area contributed by atoms with Crippen molar-refractivity contribution in [3.63, 3.8) is 0 Å². The van der Waals surface area contributed by atoms with Crippen molar-refractivity contribution >= 4 is 42.4 Å². The van der Waals surface area contributed by atoms with Crippen LogP contribution >= 0.6 is 11.3 Å². The number of rotatable bonds is 4. The Morgan fingerprint density at radius 2 is 0.951 bits per heavy atom. The van der Waals surface area contributed by atoms with Crippen LogP contribution < -0.4 is 0 Å². The van der Waals surface area contributed by atoms with Crippen LogP contribution in [0.15, 0.2) is 146 Å². The second-order valence-electron chi connectivity index (χ2n) is 10.3. The first-order valence-electron chi connectivity index (χ1n) is 13.7. The number of thiophene rings is 1. The highest BCUT2D eigenvalue weighted by atomic mass is 32.1. The van der Waals surface area contributed by atoms with Crippen LogP contribution in [0.4, 0.5) is 0 Å². The predicted octanol–water partition coefficient (Wildman–Crippen LogP) is 10.7. The van der Waals surface area contributed by atoms with Gasteiger partial charge in [0.2, 0.25) is 0 Å². The summed E-state index contributed by atoms with van der Waals surface area (Å²) in [6, 6.07) is 51.4. The molecule has 0 fully saturated rings. The zero-order valence-corrected chi connectivity index (χ0v) is 23.0. The molecule has 8 aromatic rings. The van der Waals surface area contributed by atoms with E-state index in [1.54, 1.807) is 0 Å². The van der Waals surface area contributed by atoms with Crippen LogP contribution in [0.25, 0.3) is 76.0 Å². The third-order valence-corrected chi connectivity index (χ3v) is 8.81. The molecule has 192 valence electrons. The number of hydrogen-bond acceptors (Lipinski definition) is 3. The molecule has 2 aromatic heterocycles. The zero-order chi connectivity index (χ0) is 27.2. The van der Waals surface area contributed by atoms with Gasteiger partial charge in [0.1, 0.15) is 0 Å². The van der Waals surface area contributed by atoms with Crippen molar-refractivity contribution in [3.8, 4) is 44.9 Å². The lowest BCUT2D eigenvalue weighted by molar-refractivity contribution is 1.23. The predicted molar refractivity (Wildman–Crippen MR) is 174 cm³/mol. The number of para-hydroxylation sites is 1. The number of nitrogens with zero attached hydrogens (tertiary/aromatic N) is 2. The molecule has 2 nitrogen and oxygen atoms in total. The minimum atomic E-state index is 0.726. The molecule has 0 spiro atoms. The van der Waals surface area contributed by atoms with E-state index in [-0.39, 0.29) is 0 Å². The molecule has 0 saturated carbocycles. The normalized spacial score (nSPS) is 11.4. The van der Waals surface area contributed by atoms with Gasteiger partial charge in [-0.1, -0.05) is 103 Å². The minimum Gasteiger partial charge on any atom is -0.228 e. The zero-order valence-electron chi connectivity index (χ0n) is 22.2. The van der Waals surface area contributed by atoms with Gasteiger partial charge in [-0.05, 0) is 64.7 Å². The van der Waals surface area contributed by atoms with Crippen molar-refractivity contribution in [1.82, 2.24) is 9.97 Å². The van der Waals surface area contributed by atoms with Gasteiger partial charge in [-0.15, -0.1) is 11.3 Å². The van der Waals surface area contributed by atoms with Crippen molar-refractivity contribution in [3.05, 3.63) is 146 Å². The molecule has 3 heteroatoms. The molecule has 0 N–H and O–H groups in total. The second-order valence-corrected chi connectivity index (χ2v) is 11.3. The van der Waals surface area contributed by atoms with Gasteiger partial charge in [0.15, 0.2) is 5.82 Å². The van der Waals surface area contributed by atoms with Gasteiger partial charge in [-0.2, -0.15) is 0 Å². The Kier molecular flexibility index (Phi) is 5.68. The Labute approximate surface area is 242 Å². The fourth-order valence-corrected chi connectivity index (χ4v) is 6.74. The SMILES string of the molecule is c1ccc(-c2cc(-c3ccccc3)cc(-c3nc(-c4ccc5sc6ccccc6c5c4)c4ccccc4n3)c2)cc1. The van der Waals surface area contributed by atoms with E-state index in [1.165, 1.54) is 31.3 Å². The maximum atomic E-state index is 5.27. The van der Waals surface area contributed by atoms with Gasteiger partial charge in [0.25, 0.3) is 0 Å². The van der Waals surface area contributed by atoms with Crippen LogP contribution in [0.2, 0.25) is 0 Å². The van der Waals surface area contributed by atoms with E-state index in [0.29, 0.717) is 0 Å². The Bertz CT molecular complexity index is 2140. The summed E-state index contributed by atoms with van der Waals surface area (Å²) < 4.78 is 2.59. The quantitative estimate of drug-likeness (QED) is 0.222. The topological polar surface area (TPSA) is 25.8 Å². The maximum absolute atomic E-state index is 5.27. The third kappa shape index (κ3) is 4.28. The molecule has 0 aliphatic heterocycles. The standard InChI is InChI=1S/C38H24N2S/c1-3-11-25(12-4-1)28-21-29(26-13-5-2-6-14-26)23-30(22-28)38-39-34-17-9-7-16-32(34)37(40-38)27-19-20-36-33(24-27)31-15-8-10-18-35(31)41-36/h1-24H. The van der Waals surface area contributed by atoms with Gasteiger partial charge in [0, 0.05) is 36.7 Å². The van der Waals surface area contributed by atoms with Crippen LogP contribution in [0, 0.1) is 0 Å². The Balaban J connectivity index is 1.36. The summed E-state index contributed by atoms with van der Waals surface area (Å²) >= 11 is 1.84. The average Bonchev–Trinajstić information content (AvgIpc) is 3.43. The molecule has 0 radical (unpaired) electrons. The summed E-state index contributed by atoms with van der Waals surface area (Å²) in [5, 5.41) is 3.61. The van der Waals surface area contributed by atoms with Crippen LogP contribution in [0.5, 0.6) is 0 Å². The van der Waals surface area contributed by atoms with Gasteiger partial charge in [0.05, 0.1) is 11.2 Å². The van der Waals surface area contributed by atoms with E-state index in [0.717, 1.165) is 44.7 Å². The van der Waals surface area contributed by atoms with Gasteiger partial charge in [-0.25, -0.2) is 9.97 Å². The molecular formula is C38H24N2S. The fourth-order valence-electron chi connectivity index (χ4n) is 5.65. The average molecular weight is 541 g/mol. The maximum Gasteiger partial charge on any atom is 0.160 e. The minimum absolute atomic E-state index is 0.726. The van der Waals surface area contributed by atoms with Crippen molar-refractivity contribution in [2.45, 2.75) is 0 Å². The van der Waals surface area contributed by atoms with Crippen molar-refractivity contribution in [2.75, 3.05) is 0 Å². The third-order valence-electron chi connectivity index (χ3n) is 7.66. The highest BCUT2D eigenvalue weighted by Gasteiger charge is 2.15. The molecule has 0 unspecified atom stereocenters. The van der Waals surface area contributed by atoms with E-state index in [1.807, 2.05) is 17.4 Å². The molecule has 0 bridgehead atoms. The molecular weight excluding hydrogens is 516 g/mol. The van der Waals surface area contributed by atoms with E-state index >= 15 is 0 Å². The molecule has 0 saturated heterocycles. The van der Waals surface area contributed by atoms with Crippen LogP contribution in [-0.2, 0) is 0 Å². The summed E-state index contributed by atoms with van der Waals surface area (Å²) in [4.78, 5) is 10.4. The number of aromatic nitrogens is 2. The largest absolute Gasteiger partial charge is 0.228 e. The molecule has 0 amide bonds. The first kappa shape index (κ1) is 23.7. The first-order chi connectivity index (χ1) is 20.3. The van der Waals surface area contributed by atoms with Gasteiger partial charge in [-0.3, -0.25) is 0 Å². The highest BCUT2D eigenvalue weighted by molar-refractivity contribution is 7.25. The monoisotopic (exact) mass is 540 g/mol. The number of hydrogen-bond donors (Lipinski definition) is 0. The highest BCUT2D eigenvalue weighted by Crippen LogP contribution is 2.38. The number of benzene rings is 6. The molecule has 41 heavy (non-hydrogen) atoms. The molecule has 2 heterocycles. The Morgan fingerprint density at radius 3 is 1.68 bits per heavy atom. The van der Waals surface area contributed by atoms with Gasteiger partial charge < -0.3 is 0 Å². The van der Waals surface area contributed by atoms with Crippen molar-refractivity contribution < 1.29 is 0 Å². The second kappa shape index (κ2) is 9.81. The summed E-state index contributed by atoms with van der Waals surface area (Å²) in [5.74, 6) is 0.726. The molecule has 0 aliphatic rings. The van der Waals surface area contributed by atoms with Crippen LogP contribution in [-0.4, -0.2) is 9.97 Å². The van der Waals surface area contributed by atoms with E-state index < -0.39 is 0 Å². The molecule has 0 aliphatic carbocycles. The fraction of sp³-hybridized carbons (Fsp3) is 0. The summed E-state index contributed by atoms with van der Waals surface area (Å²) in [5.41, 5.74) is 8.62. The van der Waals surface area contributed by atoms with Crippen LogP contribution in [0.3, 0.4) is 0 Å². The summed E-state index contributed by atoms with van der Waals surface area (Å²) in [7, 11) is 0. The molecule has 6 aromatic carbocycles. The van der Waals surface area contributed by atoms with Crippen LogP contribution in [0.1, 0.15) is 0 Å². The van der Waals surface area contributed by atoms with E-state index in [9.17, 15) is 0 Å². The van der Waals surface area contributed by atoms with Crippen molar-refractivity contribution in [2.24, 2.45) is 0 Å². The lowest BCUT2D eigenvalue weighted by Gasteiger charge is -2.13. The van der Waals surface area contributed by atoms with E-state index in [2.05, 4.69) is 140 Å². The molecule has 8 rings (SSSR count). The summed E-state index contributed by atoms with van der Waals surface area (Å²) in [6.07, 6.45) is 0. The van der Waals surface area contributed by atoms with Crippen molar-refractivity contribution in [1.29, 1.82) is 0 Å². The lowest BCUT2D eigenvalue weighted by atomic mass is 9.95. The Morgan fingerprint density at radius 1 is 0.366 bits per heavy atom. The summed E-state index contributed by atoms with van der Waals surface area (Å²) in [6.45, 7) is 0. The smallest absolute Gasteiger partial charge is 0.160 e.